The van der Waals surface area contributed by atoms with Gasteiger partial charge >= 0.3 is 0 Å². The Bertz CT molecular complexity index is 272. The zero-order chi connectivity index (χ0) is 9.52. The summed E-state index contributed by atoms with van der Waals surface area (Å²) in [7, 11) is 1.49. The molecule has 0 N–H and O–H groups in total. The van der Waals surface area contributed by atoms with Crippen molar-refractivity contribution in [3.05, 3.63) is 35.9 Å². The average Bonchev–Trinajstić information content (AvgIpc) is 2.17. The van der Waals surface area contributed by atoms with Crippen LogP contribution in [0.1, 0.15) is 12.0 Å². The zero-order valence-electron chi connectivity index (χ0n) is 7.53. The summed E-state index contributed by atoms with van der Waals surface area (Å²) in [5, 5.41) is 4.13. The van der Waals surface area contributed by atoms with Crippen LogP contribution in [0.25, 0.3) is 0 Å². The summed E-state index contributed by atoms with van der Waals surface area (Å²) in [6.07, 6.45) is 1.62. The monoisotopic (exact) mass is 197 g/mol. The van der Waals surface area contributed by atoms with Gasteiger partial charge < -0.3 is 4.84 Å². The van der Waals surface area contributed by atoms with Gasteiger partial charge in [-0.1, -0.05) is 47.1 Å². The van der Waals surface area contributed by atoms with Gasteiger partial charge in [0.2, 0.25) is 0 Å². The number of aryl methyl sites for hydroxylation is 1. The van der Waals surface area contributed by atoms with Crippen molar-refractivity contribution in [3.63, 3.8) is 0 Å². The summed E-state index contributed by atoms with van der Waals surface area (Å²) in [4.78, 5) is 4.55. The van der Waals surface area contributed by atoms with E-state index in [2.05, 4.69) is 22.1 Å². The van der Waals surface area contributed by atoms with Gasteiger partial charge in [0.05, 0.1) is 0 Å². The second-order valence-corrected chi connectivity index (χ2v) is 3.07. The fraction of sp³-hybridized carbons (Fsp3) is 0.300. The molecule has 1 rings (SSSR count). The Morgan fingerprint density at radius 2 is 2.08 bits per heavy atom. The summed E-state index contributed by atoms with van der Waals surface area (Å²) in [6.45, 7) is 0. The van der Waals surface area contributed by atoms with Crippen molar-refractivity contribution < 1.29 is 4.84 Å². The molecule has 3 heteroatoms. The summed E-state index contributed by atoms with van der Waals surface area (Å²) in [5.41, 5.74) is 1.26. The van der Waals surface area contributed by atoms with Crippen LogP contribution < -0.4 is 0 Å². The standard InChI is InChI=1S/C10H12ClNO/c1-13-12-10(11)8-7-9-5-3-2-4-6-9/h2-6H,7-8H2,1H3/b12-10-. The van der Waals surface area contributed by atoms with E-state index < -0.39 is 0 Å². The third-order valence-corrected chi connectivity index (χ3v) is 1.91. The van der Waals surface area contributed by atoms with Gasteiger partial charge in [-0.15, -0.1) is 0 Å². The number of benzene rings is 1. The Hall–Kier alpha value is -1.02. The average molecular weight is 198 g/mol. The number of hydrogen-bond acceptors (Lipinski definition) is 2. The largest absolute Gasteiger partial charge is 0.398 e. The van der Waals surface area contributed by atoms with E-state index in [-0.39, 0.29) is 0 Å². The van der Waals surface area contributed by atoms with Crippen molar-refractivity contribution in [2.24, 2.45) is 5.16 Å². The van der Waals surface area contributed by atoms with Crippen LogP contribution >= 0.6 is 11.6 Å². The molecule has 0 unspecified atom stereocenters. The van der Waals surface area contributed by atoms with E-state index in [1.807, 2.05) is 18.2 Å². The molecule has 0 saturated heterocycles. The maximum absolute atomic E-state index is 5.76. The molecule has 0 fully saturated rings. The molecule has 0 aliphatic carbocycles. The van der Waals surface area contributed by atoms with Gasteiger partial charge in [0.25, 0.3) is 0 Å². The summed E-state index contributed by atoms with van der Waals surface area (Å²) in [6, 6.07) is 10.1. The van der Waals surface area contributed by atoms with Crippen molar-refractivity contribution in [2.45, 2.75) is 12.8 Å². The highest BCUT2D eigenvalue weighted by Crippen LogP contribution is 2.05. The maximum atomic E-state index is 5.76. The summed E-state index contributed by atoms with van der Waals surface area (Å²) in [5.74, 6) is 0. The van der Waals surface area contributed by atoms with Gasteiger partial charge in [-0.05, 0) is 12.0 Å². The van der Waals surface area contributed by atoms with E-state index in [1.54, 1.807) is 0 Å². The molecule has 13 heavy (non-hydrogen) atoms. The van der Waals surface area contributed by atoms with Crippen LogP contribution in [-0.4, -0.2) is 12.3 Å². The molecule has 0 aromatic heterocycles. The fourth-order valence-corrected chi connectivity index (χ4v) is 1.20. The van der Waals surface area contributed by atoms with Crippen LogP contribution in [0.5, 0.6) is 0 Å². The first-order valence-corrected chi connectivity index (χ1v) is 4.50. The van der Waals surface area contributed by atoms with Crippen molar-refractivity contribution >= 4 is 16.8 Å². The Labute approximate surface area is 83.2 Å². The predicted octanol–water partition coefficient (Wildman–Crippen LogP) is 2.82. The molecule has 0 atom stereocenters. The number of nitrogens with zero attached hydrogens (tertiary/aromatic N) is 1. The lowest BCUT2D eigenvalue weighted by Gasteiger charge is -1.98. The molecule has 0 aliphatic heterocycles. The molecule has 0 bridgehead atoms. The Morgan fingerprint density at radius 1 is 1.38 bits per heavy atom. The number of hydrogen-bond donors (Lipinski definition) is 0. The van der Waals surface area contributed by atoms with Gasteiger partial charge in [-0.25, -0.2) is 0 Å². The maximum Gasteiger partial charge on any atom is 0.145 e. The first-order valence-electron chi connectivity index (χ1n) is 4.12. The number of rotatable bonds is 4. The second kappa shape index (κ2) is 5.60. The third-order valence-electron chi connectivity index (χ3n) is 1.65. The van der Waals surface area contributed by atoms with E-state index in [0.717, 1.165) is 12.8 Å². The Kier molecular flexibility index (Phi) is 4.33. The number of halogens is 1. The molecule has 0 amide bonds. The lowest BCUT2D eigenvalue weighted by atomic mass is 10.1. The minimum Gasteiger partial charge on any atom is -0.398 e. The molecule has 2 nitrogen and oxygen atoms in total. The van der Waals surface area contributed by atoms with E-state index in [9.17, 15) is 0 Å². The Balaban J connectivity index is 2.39. The van der Waals surface area contributed by atoms with Crippen molar-refractivity contribution in [1.29, 1.82) is 0 Å². The van der Waals surface area contributed by atoms with Crippen LogP contribution in [0.3, 0.4) is 0 Å². The molecule has 0 saturated carbocycles. The molecule has 70 valence electrons. The van der Waals surface area contributed by atoms with Gasteiger partial charge in [-0.2, -0.15) is 0 Å². The molecule has 1 aromatic carbocycles. The lowest BCUT2D eigenvalue weighted by Crippen LogP contribution is -1.92. The smallest absolute Gasteiger partial charge is 0.145 e. The highest BCUT2D eigenvalue weighted by molar-refractivity contribution is 6.65. The Morgan fingerprint density at radius 3 is 2.69 bits per heavy atom. The van der Waals surface area contributed by atoms with Crippen molar-refractivity contribution in [3.8, 4) is 0 Å². The quantitative estimate of drug-likeness (QED) is 0.537. The minimum absolute atomic E-state index is 0.506. The number of oxime groups is 1. The lowest BCUT2D eigenvalue weighted by molar-refractivity contribution is 0.213. The SMILES string of the molecule is CO/N=C(\Cl)CCc1ccccc1. The van der Waals surface area contributed by atoms with Crippen LogP contribution in [0.2, 0.25) is 0 Å². The predicted molar refractivity (Wildman–Crippen MR) is 55.1 cm³/mol. The van der Waals surface area contributed by atoms with Crippen LogP contribution in [0, 0.1) is 0 Å². The van der Waals surface area contributed by atoms with Crippen LogP contribution in [-0.2, 0) is 11.3 Å². The van der Waals surface area contributed by atoms with Crippen LogP contribution in [0.4, 0.5) is 0 Å². The van der Waals surface area contributed by atoms with Gasteiger partial charge in [-0.3, -0.25) is 0 Å². The summed E-state index contributed by atoms with van der Waals surface area (Å²) < 4.78 is 0. The van der Waals surface area contributed by atoms with E-state index in [0.29, 0.717) is 5.17 Å². The second-order valence-electron chi connectivity index (χ2n) is 2.64. The van der Waals surface area contributed by atoms with Crippen molar-refractivity contribution in [1.82, 2.24) is 0 Å². The molecule has 1 aromatic rings. The molecule has 0 aliphatic rings. The third kappa shape index (κ3) is 3.95. The minimum atomic E-state index is 0.506. The van der Waals surface area contributed by atoms with Gasteiger partial charge in [0.1, 0.15) is 12.3 Å². The normalized spacial score (nSPS) is 11.4. The highest BCUT2D eigenvalue weighted by Gasteiger charge is 1.96. The molecule has 0 spiro atoms. The topological polar surface area (TPSA) is 21.6 Å². The van der Waals surface area contributed by atoms with Crippen molar-refractivity contribution in [2.75, 3.05) is 7.11 Å². The van der Waals surface area contributed by atoms with Gasteiger partial charge in [0.15, 0.2) is 0 Å². The first kappa shape index (κ1) is 10.1. The zero-order valence-corrected chi connectivity index (χ0v) is 8.29. The summed E-state index contributed by atoms with van der Waals surface area (Å²) >= 11 is 5.76. The fourth-order valence-electron chi connectivity index (χ4n) is 1.04. The first-order chi connectivity index (χ1) is 6.33. The van der Waals surface area contributed by atoms with Crippen LogP contribution in [0.15, 0.2) is 35.5 Å². The molecular weight excluding hydrogens is 186 g/mol. The van der Waals surface area contributed by atoms with Gasteiger partial charge in [0, 0.05) is 6.42 Å². The molecule has 0 radical (unpaired) electrons. The highest BCUT2D eigenvalue weighted by atomic mass is 35.5. The van der Waals surface area contributed by atoms with E-state index in [4.69, 9.17) is 11.6 Å². The van der Waals surface area contributed by atoms with E-state index in [1.165, 1.54) is 12.7 Å². The molecule has 0 heterocycles. The van der Waals surface area contributed by atoms with E-state index >= 15 is 0 Å². The molecular formula is C10H12ClNO.